The maximum absolute atomic E-state index is 12.1. The van der Waals surface area contributed by atoms with Crippen LogP contribution in [0.15, 0.2) is 36.7 Å². The molecule has 2 aromatic rings. The number of hydrogen-bond acceptors (Lipinski definition) is 5. The molecule has 1 heterocycles. The molecule has 27 heavy (non-hydrogen) atoms. The van der Waals surface area contributed by atoms with Crippen LogP contribution in [0.3, 0.4) is 0 Å². The summed E-state index contributed by atoms with van der Waals surface area (Å²) in [4.78, 5) is 33.9. The Hall–Kier alpha value is -3.23. The van der Waals surface area contributed by atoms with Gasteiger partial charge in [0.1, 0.15) is 12.4 Å². The van der Waals surface area contributed by atoms with Crippen LogP contribution in [-0.2, 0) is 16.1 Å². The summed E-state index contributed by atoms with van der Waals surface area (Å²) in [7, 11) is 0. The van der Waals surface area contributed by atoms with Gasteiger partial charge in [0.25, 0.3) is 0 Å². The van der Waals surface area contributed by atoms with Crippen LogP contribution in [0.5, 0.6) is 0 Å². The summed E-state index contributed by atoms with van der Waals surface area (Å²) in [6.07, 6.45) is 4.53. The quantitative estimate of drug-likeness (QED) is 0.545. The van der Waals surface area contributed by atoms with Crippen LogP contribution in [0.1, 0.15) is 37.8 Å². The number of carbonyl (C=O) groups is 2. The van der Waals surface area contributed by atoms with Crippen LogP contribution in [0.25, 0.3) is 0 Å². The number of benzene rings is 1. The summed E-state index contributed by atoms with van der Waals surface area (Å²) in [5.74, 6) is 0.0360. The highest BCUT2D eigenvalue weighted by atomic mass is 16.6. The van der Waals surface area contributed by atoms with Crippen LogP contribution >= 0.6 is 0 Å². The molecular weight excluding hydrogens is 350 g/mol. The zero-order chi connectivity index (χ0) is 19.4. The van der Waals surface area contributed by atoms with Gasteiger partial charge in [-0.25, -0.2) is 0 Å². The molecule has 3 rings (SSSR count). The zero-order valence-electron chi connectivity index (χ0n) is 14.9. The normalized spacial score (nSPS) is 14.4. The van der Waals surface area contributed by atoms with Crippen molar-refractivity contribution in [3.63, 3.8) is 0 Å². The first-order chi connectivity index (χ1) is 12.9. The molecule has 1 aliphatic rings. The van der Waals surface area contributed by atoms with E-state index in [1.165, 1.54) is 10.9 Å². The van der Waals surface area contributed by atoms with Crippen molar-refractivity contribution < 1.29 is 14.5 Å². The Morgan fingerprint density at radius 3 is 2.63 bits per heavy atom. The number of nitrogens with one attached hydrogen (secondary N) is 2. The predicted octanol–water partition coefficient (Wildman–Crippen LogP) is 2.41. The lowest BCUT2D eigenvalue weighted by molar-refractivity contribution is -0.385. The predicted molar refractivity (Wildman–Crippen MR) is 97.9 cm³/mol. The smallest absolute Gasteiger partial charge is 0.306 e. The molecule has 1 aromatic carbocycles. The van der Waals surface area contributed by atoms with Gasteiger partial charge in [-0.2, -0.15) is 5.10 Å². The van der Waals surface area contributed by atoms with E-state index in [9.17, 15) is 19.7 Å². The molecule has 1 atom stereocenters. The van der Waals surface area contributed by atoms with E-state index >= 15 is 0 Å². The molecule has 1 aliphatic carbocycles. The minimum Gasteiger partial charge on any atom is -0.350 e. The van der Waals surface area contributed by atoms with Crippen molar-refractivity contribution in [1.29, 1.82) is 0 Å². The van der Waals surface area contributed by atoms with Crippen LogP contribution in [0.4, 0.5) is 11.4 Å². The fourth-order valence-electron chi connectivity index (χ4n) is 2.63. The third-order valence-electron chi connectivity index (χ3n) is 4.40. The van der Waals surface area contributed by atoms with E-state index in [1.54, 1.807) is 0 Å². The van der Waals surface area contributed by atoms with Gasteiger partial charge < -0.3 is 10.6 Å². The first kappa shape index (κ1) is 18.6. The number of amides is 2. The second kappa shape index (κ2) is 7.98. The van der Waals surface area contributed by atoms with Gasteiger partial charge in [0.2, 0.25) is 11.8 Å². The average molecular weight is 371 g/mol. The van der Waals surface area contributed by atoms with E-state index in [-0.39, 0.29) is 42.4 Å². The number of carbonyl (C=O) groups excluding carboxylic acids is 2. The van der Waals surface area contributed by atoms with Crippen LogP contribution in [-0.4, -0.2) is 26.5 Å². The van der Waals surface area contributed by atoms with E-state index in [0.717, 1.165) is 30.3 Å². The van der Waals surface area contributed by atoms with Gasteiger partial charge in [0, 0.05) is 24.6 Å². The second-order valence-electron chi connectivity index (χ2n) is 6.64. The molecule has 2 amide bonds. The molecule has 1 fully saturated rings. The molecule has 0 saturated heterocycles. The molecule has 142 valence electrons. The fraction of sp³-hybridized carbons (Fsp3) is 0.389. The Labute approximate surface area is 155 Å². The van der Waals surface area contributed by atoms with Gasteiger partial charge in [0.15, 0.2) is 0 Å². The largest absolute Gasteiger partial charge is 0.350 e. The zero-order valence-corrected chi connectivity index (χ0v) is 14.9. The average Bonchev–Trinajstić information content (AvgIpc) is 3.38. The highest BCUT2D eigenvalue weighted by Gasteiger charge is 2.29. The Kier molecular flexibility index (Phi) is 5.49. The van der Waals surface area contributed by atoms with Crippen LogP contribution < -0.4 is 10.6 Å². The Morgan fingerprint density at radius 1 is 1.33 bits per heavy atom. The standard InChI is InChI=1S/C18H21N5O4/c1-12(13-4-6-15(7-5-13)21-18(25)14-2-3-14)20-17(24)8-9-22-11-16(10-19-22)23(26)27/h4-7,10-12,14H,2-3,8-9H2,1H3,(H,20,24)(H,21,25). The van der Waals surface area contributed by atoms with E-state index in [2.05, 4.69) is 15.7 Å². The number of hydrogen-bond donors (Lipinski definition) is 2. The fourth-order valence-corrected chi connectivity index (χ4v) is 2.63. The van der Waals surface area contributed by atoms with Crippen molar-refractivity contribution in [2.75, 3.05) is 5.32 Å². The highest BCUT2D eigenvalue weighted by Crippen LogP contribution is 2.30. The number of anilines is 1. The van der Waals surface area contributed by atoms with E-state index < -0.39 is 4.92 Å². The van der Waals surface area contributed by atoms with Gasteiger partial charge in [0.05, 0.1) is 11.0 Å². The summed E-state index contributed by atoms with van der Waals surface area (Å²) in [6, 6.07) is 7.18. The summed E-state index contributed by atoms with van der Waals surface area (Å²) >= 11 is 0. The molecule has 9 nitrogen and oxygen atoms in total. The molecule has 1 aromatic heterocycles. The lowest BCUT2D eigenvalue weighted by atomic mass is 10.1. The lowest BCUT2D eigenvalue weighted by Gasteiger charge is -2.15. The number of nitro groups is 1. The Bertz CT molecular complexity index is 842. The topological polar surface area (TPSA) is 119 Å². The first-order valence-electron chi connectivity index (χ1n) is 8.79. The SMILES string of the molecule is CC(NC(=O)CCn1cc([N+](=O)[O-])cn1)c1ccc(NC(=O)C2CC2)cc1. The van der Waals surface area contributed by atoms with Gasteiger partial charge in [-0.15, -0.1) is 0 Å². The van der Waals surface area contributed by atoms with Crippen LogP contribution in [0, 0.1) is 16.0 Å². The summed E-state index contributed by atoms with van der Waals surface area (Å²) in [5, 5.41) is 20.2. The summed E-state index contributed by atoms with van der Waals surface area (Å²) in [5.41, 5.74) is 1.56. The molecule has 0 aliphatic heterocycles. The minimum atomic E-state index is -0.525. The molecule has 2 N–H and O–H groups in total. The molecule has 0 bridgehead atoms. The monoisotopic (exact) mass is 371 g/mol. The summed E-state index contributed by atoms with van der Waals surface area (Å²) < 4.78 is 1.37. The first-order valence-corrected chi connectivity index (χ1v) is 8.79. The van der Waals surface area contributed by atoms with Crippen molar-refractivity contribution in [1.82, 2.24) is 15.1 Å². The van der Waals surface area contributed by atoms with E-state index in [1.807, 2.05) is 31.2 Å². The number of nitrogens with zero attached hydrogens (tertiary/aromatic N) is 3. The molecule has 1 saturated carbocycles. The minimum absolute atomic E-state index is 0.0583. The van der Waals surface area contributed by atoms with Gasteiger partial charge in [-0.1, -0.05) is 12.1 Å². The van der Waals surface area contributed by atoms with Crippen molar-refractivity contribution >= 4 is 23.2 Å². The van der Waals surface area contributed by atoms with Crippen molar-refractivity contribution in [2.45, 2.75) is 38.8 Å². The highest BCUT2D eigenvalue weighted by molar-refractivity contribution is 5.94. The number of aryl methyl sites for hydroxylation is 1. The molecule has 1 unspecified atom stereocenters. The Balaban J connectivity index is 1.46. The van der Waals surface area contributed by atoms with Crippen molar-refractivity contribution in [3.05, 3.63) is 52.3 Å². The molecule has 0 radical (unpaired) electrons. The molecule has 0 spiro atoms. The molecular formula is C18H21N5O4. The van der Waals surface area contributed by atoms with Gasteiger partial charge in [-0.3, -0.25) is 24.4 Å². The molecule has 9 heteroatoms. The third-order valence-corrected chi connectivity index (χ3v) is 4.40. The van der Waals surface area contributed by atoms with Gasteiger partial charge >= 0.3 is 5.69 Å². The van der Waals surface area contributed by atoms with E-state index in [4.69, 9.17) is 0 Å². The van der Waals surface area contributed by atoms with Crippen molar-refractivity contribution in [2.24, 2.45) is 5.92 Å². The van der Waals surface area contributed by atoms with Gasteiger partial charge in [-0.05, 0) is 37.5 Å². The number of aromatic nitrogens is 2. The summed E-state index contributed by atoms with van der Waals surface area (Å²) in [6.45, 7) is 2.13. The number of rotatable bonds is 8. The Morgan fingerprint density at radius 2 is 2.04 bits per heavy atom. The lowest BCUT2D eigenvalue weighted by Crippen LogP contribution is -2.27. The second-order valence-corrected chi connectivity index (χ2v) is 6.64. The maximum Gasteiger partial charge on any atom is 0.306 e. The third kappa shape index (κ3) is 5.13. The van der Waals surface area contributed by atoms with Crippen molar-refractivity contribution in [3.8, 4) is 0 Å². The van der Waals surface area contributed by atoms with E-state index in [0.29, 0.717) is 0 Å². The maximum atomic E-state index is 12.1. The van der Waals surface area contributed by atoms with Crippen LogP contribution in [0.2, 0.25) is 0 Å².